The number of tetrazole rings is 1. The van der Waals surface area contributed by atoms with Gasteiger partial charge in [-0.1, -0.05) is 36.6 Å². The average Bonchev–Trinajstić information content (AvgIpc) is 3.41. The van der Waals surface area contributed by atoms with Crippen molar-refractivity contribution in [3.8, 4) is 27.9 Å². The number of fused-ring (bicyclic) bond motifs is 1. The van der Waals surface area contributed by atoms with Crippen molar-refractivity contribution in [1.29, 1.82) is 0 Å². The topological polar surface area (TPSA) is 109 Å². The fourth-order valence-electron chi connectivity index (χ4n) is 5.60. The van der Waals surface area contributed by atoms with E-state index in [4.69, 9.17) is 16.7 Å². The van der Waals surface area contributed by atoms with Crippen molar-refractivity contribution in [2.75, 3.05) is 13.6 Å². The number of carbonyl (C=O) groups excluding carboxylic acids is 1. The Kier molecular flexibility index (Phi) is 6.27. The highest BCUT2D eigenvalue weighted by atomic mass is 35.5. The minimum Gasteiger partial charge on any atom is -0.618 e. The first-order valence-corrected chi connectivity index (χ1v) is 14.0. The smallest absolute Gasteiger partial charge is 0.253 e. The molecule has 4 heterocycles. The Morgan fingerprint density at radius 2 is 1.93 bits per heavy atom. The number of halogens is 1. The molecule has 41 heavy (non-hydrogen) atoms. The summed E-state index contributed by atoms with van der Waals surface area (Å²) in [6, 6.07) is 15.0. The molecular formula is C30H27ClN8O2. The molecule has 1 saturated carbocycles. The molecule has 0 N–H and O–H groups in total. The Morgan fingerprint density at radius 1 is 1.07 bits per heavy atom. The maximum Gasteiger partial charge on any atom is 0.253 e. The van der Waals surface area contributed by atoms with Gasteiger partial charge < -0.3 is 10.1 Å². The molecule has 1 unspecified atom stereocenters. The molecule has 2 aromatic carbocycles. The van der Waals surface area contributed by atoms with E-state index in [9.17, 15) is 10.0 Å². The predicted molar refractivity (Wildman–Crippen MR) is 152 cm³/mol. The second kappa shape index (κ2) is 10.1. The summed E-state index contributed by atoms with van der Waals surface area (Å²) in [6.45, 7) is 0.712. The van der Waals surface area contributed by atoms with Crippen LogP contribution in [0.25, 0.3) is 27.9 Å². The van der Waals surface area contributed by atoms with E-state index in [-0.39, 0.29) is 11.9 Å². The lowest BCUT2D eigenvalue weighted by Crippen LogP contribution is -2.35. The first kappa shape index (κ1) is 25.4. The van der Waals surface area contributed by atoms with E-state index in [1.807, 2.05) is 54.5 Å². The SMILES string of the molecule is CN1CCc2cc(-c3cnn(C(CC4CC4)c4ccc(-c5cc(Cl)ccc5-n5cnnn5)c[n+]4[O-])c3)ccc2C1=O. The first-order chi connectivity index (χ1) is 19.9. The zero-order valence-electron chi connectivity index (χ0n) is 22.4. The van der Waals surface area contributed by atoms with Gasteiger partial charge in [0, 0.05) is 53.1 Å². The van der Waals surface area contributed by atoms with Gasteiger partial charge in [-0.25, -0.2) is 0 Å². The zero-order valence-corrected chi connectivity index (χ0v) is 23.1. The lowest BCUT2D eigenvalue weighted by molar-refractivity contribution is -0.615. The summed E-state index contributed by atoms with van der Waals surface area (Å²) in [7, 11) is 1.83. The third kappa shape index (κ3) is 4.84. The molecule has 206 valence electrons. The van der Waals surface area contributed by atoms with Gasteiger partial charge in [-0.3, -0.25) is 9.48 Å². The van der Waals surface area contributed by atoms with Crippen LogP contribution in [0.4, 0.5) is 0 Å². The Bertz CT molecular complexity index is 1760. The molecule has 0 radical (unpaired) electrons. The van der Waals surface area contributed by atoms with Crippen LogP contribution < -0.4 is 4.73 Å². The molecule has 1 aliphatic heterocycles. The number of rotatable bonds is 7. The molecule has 5 aromatic rings. The largest absolute Gasteiger partial charge is 0.618 e. The van der Waals surface area contributed by atoms with Gasteiger partial charge in [-0.2, -0.15) is 14.5 Å². The molecule has 0 saturated heterocycles. The van der Waals surface area contributed by atoms with Crippen molar-refractivity contribution in [3.63, 3.8) is 0 Å². The van der Waals surface area contributed by atoms with Gasteiger partial charge in [0.25, 0.3) is 5.91 Å². The maximum absolute atomic E-state index is 13.6. The van der Waals surface area contributed by atoms with Gasteiger partial charge in [0.05, 0.1) is 11.9 Å². The van der Waals surface area contributed by atoms with Gasteiger partial charge in [-0.05, 0) is 70.6 Å². The number of aromatic nitrogens is 7. The van der Waals surface area contributed by atoms with Crippen LogP contribution in [0.1, 0.15) is 46.9 Å². The van der Waals surface area contributed by atoms with Gasteiger partial charge in [0.1, 0.15) is 12.4 Å². The van der Waals surface area contributed by atoms with E-state index in [1.165, 1.54) is 6.33 Å². The fourth-order valence-corrected chi connectivity index (χ4v) is 5.77. The predicted octanol–water partition coefficient (Wildman–Crippen LogP) is 4.50. The normalized spacial score (nSPS) is 15.7. The maximum atomic E-state index is 13.6. The number of hydrogen-bond donors (Lipinski definition) is 0. The van der Waals surface area contributed by atoms with Crippen molar-refractivity contribution in [1.82, 2.24) is 34.9 Å². The Morgan fingerprint density at radius 3 is 2.71 bits per heavy atom. The fraction of sp³-hybridized carbons (Fsp3) is 0.267. The summed E-state index contributed by atoms with van der Waals surface area (Å²) in [4.78, 5) is 14.3. The molecule has 0 bridgehead atoms. The van der Waals surface area contributed by atoms with Crippen molar-refractivity contribution < 1.29 is 9.52 Å². The number of amides is 1. The molecule has 11 heteroatoms. The van der Waals surface area contributed by atoms with Crippen LogP contribution in [-0.2, 0) is 6.42 Å². The summed E-state index contributed by atoms with van der Waals surface area (Å²) in [6.07, 6.45) is 10.9. The van der Waals surface area contributed by atoms with E-state index in [2.05, 4.69) is 21.6 Å². The quantitative estimate of drug-likeness (QED) is 0.212. The summed E-state index contributed by atoms with van der Waals surface area (Å²) in [5.74, 6) is 0.628. The Balaban J connectivity index is 1.22. The summed E-state index contributed by atoms with van der Waals surface area (Å²) >= 11 is 6.32. The molecule has 2 aliphatic rings. The van der Waals surface area contributed by atoms with E-state index >= 15 is 0 Å². The minimum atomic E-state index is -0.214. The van der Waals surface area contributed by atoms with Crippen LogP contribution in [0, 0.1) is 11.1 Å². The summed E-state index contributed by atoms with van der Waals surface area (Å²) in [5.41, 5.74) is 6.59. The molecule has 0 spiro atoms. The number of benzene rings is 2. The van der Waals surface area contributed by atoms with Crippen LogP contribution in [0.5, 0.6) is 0 Å². The van der Waals surface area contributed by atoms with Gasteiger partial charge in [-0.15, -0.1) is 5.10 Å². The van der Waals surface area contributed by atoms with Crippen molar-refractivity contribution >= 4 is 17.5 Å². The number of carbonyl (C=O) groups is 1. The highest BCUT2D eigenvalue weighted by Crippen LogP contribution is 2.39. The van der Waals surface area contributed by atoms with E-state index in [1.54, 1.807) is 27.9 Å². The van der Waals surface area contributed by atoms with E-state index in [0.29, 0.717) is 28.7 Å². The van der Waals surface area contributed by atoms with Gasteiger partial charge in [0.2, 0.25) is 5.69 Å². The van der Waals surface area contributed by atoms with Crippen LogP contribution in [0.2, 0.25) is 5.02 Å². The van der Waals surface area contributed by atoms with Gasteiger partial charge >= 0.3 is 0 Å². The molecule has 1 fully saturated rings. The van der Waals surface area contributed by atoms with E-state index in [0.717, 1.165) is 63.9 Å². The second-order valence-electron chi connectivity index (χ2n) is 10.8. The lowest BCUT2D eigenvalue weighted by atomic mass is 9.95. The van der Waals surface area contributed by atoms with Crippen molar-refractivity contribution in [2.24, 2.45) is 5.92 Å². The second-order valence-corrected chi connectivity index (χ2v) is 11.3. The highest BCUT2D eigenvalue weighted by Gasteiger charge is 2.32. The van der Waals surface area contributed by atoms with Crippen LogP contribution in [0.15, 0.2) is 73.4 Å². The van der Waals surface area contributed by atoms with Crippen molar-refractivity contribution in [3.05, 3.63) is 100 Å². The molecule has 3 aromatic heterocycles. The van der Waals surface area contributed by atoms with Crippen molar-refractivity contribution in [2.45, 2.75) is 31.7 Å². The zero-order chi connectivity index (χ0) is 28.1. The number of pyridine rings is 1. The summed E-state index contributed by atoms with van der Waals surface area (Å²) < 4.78 is 4.39. The average molecular weight is 567 g/mol. The molecule has 10 nitrogen and oxygen atoms in total. The van der Waals surface area contributed by atoms with E-state index < -0.39 is 0 Å². The molecular weight excluding hydrogens is 540 g/mol. The Hall–Kier alpha value is -4.57. The molecule has 1 atom stereocenters. The highest BCUT2D eigenvalue weighted by molar-refractivity contribution is 6.31. The molecule has 7 rings (SSSR count). The monoisotopic (exact) mass is 566 g/mol. The molecule has 1 aliphatic carbocycles. The van der Waals surface area contributed by atoms with Crippen LogP contribution >= 0.6 is 11.6 Å². The summed E-state index contributed by atoms with van der Waals surface area (Å²) in [5, 5.41) is 30.3. The van der Waals surface area contributed by atoms with Crippen LogP contribution in [-0.4, -0.2) is 54.4 Å². The minimum absolute atomic E-state index is 0.0595. The number of nitrogens with zero attached hydrogens (tertiary/aromatic N) is 8. The third-order valence-corrected chi connectivity index (χ3v) is 8.29. The number of hydrogen-bond acceptors (Lipinski definition) is 6. The third-order valence-electron chi connectivity index (χ3n) is 8.06. The number of likely N-dealkylation sites (N-methyl/N-ethyl adjacent to an activating group) is 1. The first-order valence-electron chi connectivity index (χ1n) is 13.6. The molecule has 1 amide bonds. The van der Waals surface area contributed by atoms with Crippen LogP contribution in [0.3, 0.4) is 0 Å². The van der Waals surface area contributed by atoms with Gasteiger partial charge in [0.15, 0.2) is 6.20 Å². The standard InChI is InChI=1S/C30H27ClN8O2/c1-36-11-10-21-13-20(4-7-25(21)30(36)40)23-15-33-37(16-23)29(12-19-2-3-19)28-8-5-22(17-39(28)41)26-14-24(31)6-9-27(26)38-18-32-34-35-38/h4-9,13-19,29H,2-3,10-12H2,1H3. The lowest BCUT2D eigenvalue weighted by Gasteiger charge is -2.25. The Labute approximate surface area is 241 Å².